The van der Waals surface area contributed by atoms with E-state index in [1.807, 2.05) is 0 Å². The summed E-state index contributed by atoms with van der Waals surface area (Å²) in [6, 6.07) is 7.13. The first-order chi connectivity index (χ1) is 9.67. The molecule has 1 atom stereocenters. The molecule has 0 fully saturated rings. The molecule has 0 bridgehead atoms. The van der Waals surface area contributed by atoms with Gasteiger partial charge in [0.15, 0.2) is 0 Å². The zero-order valence-corrected chi connectivity index (χ0v) is 13.3. The lowest BCUT2D eigenvalue weighted by Gasteiger charge is -2.19. The summed E-state index contributed by atoms with van der Waals surface area (Å²) in [7, 11) is 0. The molecule has 0 saturated heterocycles. The molecule has 2 aromatic rings. The van der Waals surface area contributed by atoms with E-state index in [1.54, 1.807) is 23.5 Å². The van der Waals surface area contributed by atoms with Crippen molar-refractivity contribution in [2.75, 3.05) is 6.54 Å². The molecule has 1 aromatic carbocycles. The SMILES string of the molecule is CCNC(Cc1c(F)cccc1Cl)c1sccc1CC. The van der Waals surface area contributed by atoms with Gasteiger partial charge in [-0.1, -0.05) is 31.5 Å². The van der Waals surface area contributed by atoms with Crippen LogP contribution in [0.4, 0.5) is 4.39 Å². The molecule has 0 spiro atoms. The number of thiophene rings is 1. The Morgan fingerprint density at radius 1 is 1.30 bits per heavy atom. The number of halogens is 2. The van der Waals surface area contributed by atoms with Gasteiger partial charge < -0.3 is 5.32 Å². The second-order valence-corrected chi connectivity index (χ2v) is 6.03. The fraction of sp³-hybridized carbons (Fsp3) is 0.375. The van der Waals surface area contributed by atoms with Crippen molar-refractivity contribution in [3.8, 4) is 0 Å². The predicted octanol–water partition coefficient (Wildman–Crippen LogP) is 5.00. The normalized spacial score (nSPS) is 12.6. The molecule has 0 aliphatic rings. The highest BCUT2D eigenvalue weighted by molar-refractivity contribution is 7.10. The molecule has 4 heteroatoms. The van der Waals surface area contributed by atoms with E-state index < -0.39 is 0 Å². The topological polar surface area (TPSA) is 12.0 Å². The van der Waals surface area contributed by atoms with E-state index in [9.17, 15) is 4.39 Å². The number of aryl methyl sites for hydroxylation is 1. The largest absolute Gasteiger partial charge is 0.309 e. The van der Waals surface area contributed by atoms with Crippen molar-refractivity contribution in [2.45, 2.75) is 32.7 Å². The molecule has 1 unspecified atom stereocenters. The summed E-state index contributed by atoms with van der Waals surface area (Å²) in [4.78, 5) is 1.29. The van der Waals surface area contributed by atoms with Gasteiger partial charge >= 0.3 is 0 Å². The predicted molar refractivity (Wildman–Crippen MR) is 85.2 cm³/mol. The van der Waals surface area contributed by atoms with E-state index in [2.05, 4.69) is 30.6 Å². The van der Waals surface area contributed by atoms with Crippen molar-refractivity contribution in [1.82, 2.24) is 5.32 Å². The maximum Gasteiger partial charge on any atom is 0.127 e. The van der Waals surface area contributed by atoms with Crippen molar-refractivity contribution < 1.29 is 4.39 Å². The number of likely N-dealkylation sites (N-methyl/N-ethyl adjacent to an activating group) is 1. The van der Waals surface area contributed by atoms with Crippen LogP contribution in [0.2, 0.25) is 5.02 Å². The fourth-order valence-corrected chi connectivity index (χ4v) is 3.69. The highest BCUT2D eigenvalue weighted by Gasteiger charge is 2.19. The molecule has 2 rings (SSSR count). The average molecular weight is 312 g/mol. The first kappa shape index (κ1) is 15.5. The van der Waals surface area contributed by atoms with Crippen LogP contribution in [0.5, 0.6) is 0 Å². The molecule has 0 saturated carbocycles. The molecular weight excluding hydrogens is 293 g/mol. The van der Waals surface area contributed by atoms with E-state index >= 15 is 0 Å². The standard InChI is InChI=1S/C16H19ClFNS/c1-3-11-8-9-20-16(11)15(19-4-2)10-12-13(17)6-5-7-14(12)18/h5-9,15,19H,3-4,10H2,1-2H3. The van der Waals surface area contributed by atoms with Gasteiger partial charge in [-0.3, -0.25) is 0 Å². The molecule has 20 heavy (non-hydrogen) atoms. The van der Waals surface area contributed by atoms with E-state index in [0.717, 1.165) is 13.0 Å². The van der Waals surface area contributed by atoms with Crippen molar-refractivity contribution in [3.05, 3.63) is 56.5 Å². The van der Waals surface area contributed by atoms with Gasteiger partial charge in [-0.15, -0.1) is 11.3 Å². The smallest absolute Gasteiger partial charge is 0.127 e. The molecule has 1 nitrogen and oxygen atoms in total. The van der Waals surface area contributed by atoms with E-state index in [4.69, 9.17) is 11.6 Å². The Labute approximate surface area is 128 Å². The minimum absolute atomic E-state index is 0.115. The van der Waals surface area contributed by atoms with Gasteiger partial charge in [-0.2, -0.15) is 0 Å². The van der Waals surface area contributed by atoms with Crippen LogP contribution in [0.3, 0.4) is 0 Å². The molecule has 0 radical (unpaired) electrons. The van der Waals surface area contributed by atoms with Gasteiger partial charge in [0.25, 0.3) is 0 Å². The van der Waals surface area contributed by atoms with Crippen LogP contribution >= 0.6 is 22.9 Å². The van der Waals surface area contributed by atoms with Crippen LogP contribution in [0.15, 0.2) is 29.6 Å². The average Bonchev–Trinajstić information content (AvgIpc) is 2.90. The first-order valence-electron chi connectivity index (χ1n) is 6.89. The Morgan fingerprint density at radius 3 is 2.75 bits per heavy atom. The Kier molecular flexibility index (Phi) is 5.58. The first-order valence-corrected chi connectivity index (χ1v) is 8.15. The summed E-state index contributed by atoms with van der Waals surface area (Å²) >= 11 is 7.87. The van der Waals surface area contributed by atoms with E-state index in [0.29, 0.717) is 17.0 Å². The van der Waals surface area contributed by atoms with Crippen LogP contribution in [-0.4, -0.2) is 6.54 Å². The number of rotatable bonds is 6. The molecule has 1 heterocycles. The lowest BCUT2D eigenvalue weighted by atomic mass is 10.0. The third-order valence-electron chi connectivity index (χ3n) is 3.40. The maximum absolute atomic E-state index is 14.0. The molecule has 0 aliphatic carbocycles. The minimum atomic E-state index is -0.227. The van der Waals surface area contributed by atoms with Crippen molar-refractivity contribution in [1.29, 1.82) is 0 Å². The van der Waals surface area contributed by atoms with Crippen LogP contribution in [-0.2, 0) is 12.8 Å². The number of hydrogen-bond acceptors (Lipinski definition) is 2. The van der Waals surface area contributed by atoms with Gasteiger partial charge in [-0.05, 0) is 48.5 Å². The highest BCUT2D eigenvalue weighted by atomic mass is 35.5. The third kappa shape index (κ3) is 3.40. The molecule has 108 valence electrons. The molecule has 0 amide bonds. The Hall–Kier alpha value is -0.900. The van der Waals surface area contributed by atoms with Crippen molar-refractivity contribution in [3.63, 3.8) is 0 Å². The molecule has 0 aliphatic heterocycles. The second-order valence-electron chi connectivity index (χ2n) is 4.68. The minimum Gasteiger partial charge on any atom is -0.309 e. The van der Waals surface area contributed by atoms with Gasteiger partial charge in [0.05, 0.1) is 0 Å². The van der Waals surface area contributed by atoms with Gasteiger partial charge in [-0.25, -0.2) is 4.39 Å². The van der Waals surface area contributed by atoms with Crippen LogP contribution < -0.4 is 5.32 Å². The lowest BCUT2D eigenvalue weighted by molar-refractivity contribution is 0.532. The number of benzene rings is 1. The molecule has 1 aromatic heterocycles. The Morgan fingerprint density at radius 2 is 2.10 bits per heavy atom. The quantitative estimate of drug-likeness (QED) is 0.792. The summed E-state index contributed by atoms with van der Waals surface area (Å²) < 4.78 is 14.0. The summed E-state index contributed by atoms with van der Waals surface area (Å²) in [6.45, 7) is 5.05. The maximum atomic E-state index is 14.0. The zero-order chi connectivity index (χ0) is 14.5. The lowest BCUT2D eigenvalue weighted by Crippen LogP contribution is -2.23. The van der Waals surface area contributed by atoms with E-state index in [1.165, 1.54) is 16.5 Å². The zero-order valence-electron chi connectivity index (χ0n) is 11.7. The fourth-order valence-electron chi connectivity index (χ4n) is 2.38. The molecule has 1 N–H and O–H groups in total. The van der Waals surface area contributed by atoms with Crippen LogP contribution in [0.25, 0.3) is 0 Å². The summed E-state index contributed by atoms with van der Waals surface area (Å²) in [5, 5.41) is 6.05. The number of hydrogen-bond donors (Lipinski definition) is 1. The Bertz CT molecular complexity index is 547. The van der Waals surface area contributed by atoms with Gasteiger partial charge in [0.2, 0.25) is 0 Å². The van der Waals surface area contributed by atoms with Gasteiger partial charge in [0, 0.05) is 21.5 Å². The summed E-state index contributed by atoms with van der Waals surface area (Å²) in [5.74, 6) is -0.227. The third-order valence-corrected chi connectivity index (χ3v) is 4.83. The highest BCUT2D eigenvalue weighted by Crippen LogP contribution is 2.30. The van der Waals surface area contributed by atoms with Crippen molar-refractivity contribution in [2.24, 2.45) is 0 Å². The van der Waals surface area contributed by atoms with E-state index in [-0.39, 0.29) is 11.9 Å². The Balaban J connectivity index is 2.30. The monoisotopic (exact) mass is 311 g/mol. The van der Waals surface area contributed by atoms with Crippen molar-refractivity contribution >= 4 is 22.9 Å². The number of nitrogens with one attached hydrogen (secondary N) is 1. The second kappa shape index (κ2) is 7.21. The summed E-state index contributed by atoms with van der Waals surface area (Å²) in [6.07, 6.45) is 1.57. The molecular formula is C16H19ClFNS. The van der Waals surface area contributed by atoms with Crippen LogP contribution in [0.1, 0.15) is 35.9 Å². The van der Waals surface area contributed by atoms with Crippen LogP contribution in [0, 0.1) is 5.82 Å². The van der Waals surface area contributed by atoms with Gasteiger partial charge in [0.1, 0.15) is 5.82 Å². The summed E-state index contributed by atoms with van der Waals surface area (Å²) in [5.41, 5.74) is 1.92.